The van der Waals surface area contributed by atoms with Crippen LogP contribution in [-0.2, 0) is 20.7 Å². The lowest BCUT2D eigenvalue weighted by atomic mass is 10.1. The van der Waals surface area contributed by atoms with E-state index < -0.39 is 49.5 Å². The van der Waals surface area contributed by atoms with Gasteiger partial charge < -0.3 is 34.3 Å². The second kappa shape index (κ2) is 14.9. The third-order valence-corrected chi connectivity index (χ3v) is 5.62. The van der Waals surface area contributed by atoms with Gasteiger partial charge in [0, 0.05) is 19.6 Å². The Morgan fingerprint density at radius 2 is 1.57 bits per heavy atom. The largest absolute Gasteiger partial charge is 0.495 e. The highest BCUT2D eigenvalue weighted by Crippen LogP contribution is 2.46. The molecule has 0 radical (unpaired) electrons. The minimum Gasteiger partial charge on any atom is -0.495 e. The van der Waals surface area contributed by atoms with E-state index in [4.69, 9.17) is 14.2 Å². The summed E-state index contributed by atoms with van der Waals surface area (Å²) in [5.74, 6) is -7.09. The minimum atomic E-state index is -6.57. The van der Waals surface area contributed by atoms with Crippen LogP contribution in [0.3, 0.4) is 0 Å². The van der Waals surface area contributed by atoms with Gasteiger partial charge in [-0.25, -0.2) is 9.59 Å². The fourth-order valence-electron chi connectivity index (χ4n) is 3.42. The highest BCUT2D eigenvalue weighted by Gasteiger charge is 2.74. The van der Waals surface area contributed by atoms with Crippen LogP contribution in [0.4, 0.5) is 41.2 Å². The number of carboxylic acid groups (broad SMARTS) is 1. The Kier molecular flexibility index (Phi) is 12.2. The van der Waals surface area contributed by atoms with E-state index >= 15 is 0 Å². The van der Waals surface area contributed by atoms with E-state index in [0.717, 1.165) is 4.90 Å². The first kappa shape index (κ1) is 34.4. The first-order chi connectivity index (χ1) is 19.6. The number of anilines is 1. The summed E-state index contributed by atoms with van der Waals surface area (Å²) in [5.41, 5.74) is 0.780. The maximum atomic E-state index is 13.6. The number of nitrogens with zero attached hydrogens (tertiary/aromatic N) is 1. The van der Waals surface area contributed by atoms with Gasteiger partial charge in [-0.2, -0.15) is 30.7 Å². The van der Waals surface area contributed by atoms with Gasteiger partial charge in [-0.3, -0.25) is 0 Å². The Bertz CT molecular complexity index is 1160. The van der Waals surface area contributed by atoms with E-state index in [9.17, 15) is 45.4 Å². The third-order valence-electron chi connectivity index (χ3n) is 5.62. The van der Waals surface area contributed by atoms with Crippen LogP contribution < -0.4 is 14.8 Å². The molecule has 0 aliphatic heterocycles. The number of carbonyl (C=O) groups excluding carboxylic acids is 1. The fourth-order valence-corrected chi connectivity index (χ4v) is 3.42. The van der Waals surface area contributed by atoms with E-state index in [1.54, 1.807) is 31.2 Å². The molecule has 0 aliphatic rings. The molecule has 42 heavy (non-hydrogen) atoms. The molecule has 0 fully saturated rings. The molecule has 16 heteroatoms. The van der Waals surface area contributed by atoms with Gasteiger partial charge in [0.05, 0.1) is 25.9 Å². The van der Waals surface area contributed by atoms with E-state index in [1.807, 2.05) is 0 Å². The molecule has 0 bridgehead atoms. The Labute approximate surface area is 236 Å². The number of para-hydroxylation sites is 2. The zero-order chi connectivity index (χ0) is 31.6. The molecule has 1 unspecified atom stereocenters. The topological polar surface area (TPSA) is 107 Å². The van der Waals surface area contributed by atoms with Crippen molar-refractivity contribution in [3.05, 3.63) is 54.1 Å². The van der Waals surface area contributed by atoms with Crippen LogP contribution in [0.5, 0.6) is 11.5 Å². The molecule has 0 heterocycles. The number of ether oxygens (including phenoxy) is 4. The highest BCUT2D eigenvalue weighted by molar-refractivity contribution is 5.91. The Hall–Kier alpha value is -3.79. The van der Waals surface area contributed by atoms with Crippen LogP contribution in [0.25, 0.3) is 0 Å². The van der Waals surface area contributed by atoms with E-state index in [1.165, 1.54) is 31.4 Å². The molecule has 0 aromatic heterocycles. The lowest BCUT2D eigenvalue weighted by molar-refractivity contribution is -0.423. The summed E-state index contributed by atoms with van der Waals surface area (Å²) in [7, 11) is 1.32. The fraction of sp³-hybridized carbons (Fsp3) is 0.462. The van der Waals surface area contributed by atoms with Crippen LogP contribution in [0, 0.1) is 0 Å². The smallest absolute Gasteiger partial charge is 0.462 e. The second-order valence-corrected chi connectivity index (χ2v) is 8.53. The molecule has 2 aromatic carbocycles. The molecule has 2 rings (SSSR count). The van der Waals surface area contributed by atoms with Gasteiger partial charge in [0.25, 0.3) is 0 Å². The molecule has 1 atom stereocenters. The molecule has 2 aromatic rings. The van der Waals surface area contributed by atoms with Gasteiger partial charge in [-0.05, 0) is 36.8 Å². The summed E-state index contributed by atoms with van der Waals surface area (Å²) >= 11 is 0. The van der Waals surface area contributed by atoms with Crippen LogP contribution >= 0.6 is 0 Å². The maximum Gasteiger partial charge on any atom is 0.462 e. The Morgan fingerprint density at radius 3 is 2.14 bits per heavy atom. The Morgan fingerprint density at radius 1 is 0.952 bits per heavy atom. The minimum absolute atomic E-state index is 0.0817. The normalized spacial score (nSPS) is 12.9. The average Bonchev–Trinajstić information content (AvgIpc) is 2.92. The van der Waals surface area contributed by atoms with Gasteiger partial charge in [-0.15, -0.1) is 0 Å². The van der Waals surface area contributed by atoms with Gasteiger partial charge in [-0.1, -0.05) is 24.3 Å². The molecule has 2 amide bonds. The molecule has 0 aliphatic carbocycles. The number of urea groups is 1. The second-order valence-electron chi connectivity index (χ2n) is 8.53. The number of hydrogen-bond acceptors (Lipinski definition) is 6. The van der Waals surface area contributed by atoms with Gasteiger partial charge in [0.2, 0.25) is 0 Å². The van der Waals surface area contributed by atoms with Crippen molar-refractivity contribution < 1.29 is 64.4 Å². The predicted molar refractivity (Wildman–Crippen MR) is 134 cm³/mol. The molecule has 234 valence electrons. The van der Waals surface area contributed by atoms with Gasteiger partial charge in [0.1, 0.15) is 18.1 Å². The number of amides is 2. The van der Waals surface area contributed by atoms with E-state index in [0.29, 0.717) is 5.56 Å². The number of rotatable bonds is 16. The number of alkyl halides is 7. The monoisotopic (exact) mass is 614 g/mol. The van der Waals surface area contributed by atoms with E-state index in [2.05, 4.69) is 10.1 Å². The number of nitrogens with one attached hydrogen (secondary N) is 1. The van der Waals surface area contributed by atoms with Gasteiger partial charge >= 0.3 is 30.2 Å². The third kappa shape index (κ3) is 9.37. The van der Waals surface area contributed by atoms with E-state index in [-0.39, 0.29) is 43.4 Å². The van der Waals surface area contributed by atoms with Crippen molar-refractivity contribution >= 4 is 17.7 Å². The quantitative estimate of drug-likeness (QED) is 0.243. The Balaban J connectivity index is 2.08. The molecule has 0 saturated carbocycles. The van der Waals surface area contributed by atoms with Crippen LogP contribution in [0.2, 0.25) is 0 Å². The zero-order valence-electron chi connectivity index (χ0n) is 22.4. The summed E-state index contributed by atoms with van der Waals surface area (Å²) in [6, 6.07) is 11.3. The summed E-state index contributed by atoms with van der Waals surface area (Å²) in [6.45, 7) is -0.934. The number of halogens is 7. The van der Waals surface area contributed by atoms with Crippen LogP contribution in [0.1, 0.15) is 12.5 Å². The number of hydrogen-bond donors (Lipinski definition) is 2. The van der Waals surface area contributed by atoms with Crippen molar-refractivity contribution in [2.45, 2.75) is 37.7 Å². The SMILES string of the molecule is CCOC(Cc1ccc(OCCN(CCOC(F)(F)C(F)(F)C(F)(F)F)C(=O)Nc2ccccc2OC)cc1)C(=O)O. The standard InChI is InChI=1S/C26H29F7N2O7/c1-3-40-21(22(36)37)16-17-8-10-18(11-9-17)41-14-12-35(23(38)34-19-6-4-5-7-20(19)39-2)13-15-42-26(32,33)24(27,28)25(29,30)31/h4-11,21H,3,12-16H2,1-2H3,(H,34,38)(H,36,37). The lowest BCUT2D eigenvalue weighted by Gasteiger charge is -2.29. The molecular weight excluding hydrogens is 585 g/mol. The summed E-state index contributed by atoms with van der Waals surface area (Å²) < 4.78 is 110. The van der Waals surface area contributed by atoms with Crippen LogP contribution in [0.15, 0.2) is 48.5 Å². The summed E-state index contributed by atoms with van der Waals surface area (Å²) in [5, 5.41) is 11.6. The predicted octanol–water partition coefficient (Wildman–Crippen LogP) is 5.45. The molecule has 0 saturated heterocycles. The highest BCUT2D eigenvalue weighted by atomic mass is 19.4. The first-order valence-electron chi connectivity index (χ1n) is 12.3. The number of carbonyl (C=O) groups is 2. The van der Waals surface area contributed by atoms with Crippen molar-refractivity contribution in [3.63, 3.8) is 0 Å². The van der Waals surface area contributed by atoms with Crippen molar-refractivity contribution in [3.8, 4) is 11.5 Å². The summed E-state index contributed by atoms with van der Waals surface area (Å²) in [4.78, 5) is 24.9. The maximum absolute atomic E-state index is 13.6. The van der Waals surface area contributed by atoms with Crippen molar-refractivity contribution in [1.29, 1.82) is 0 Å². The van der Waals surface area contributed by atoms with Crippen molar-refractivity contribution in [1.82, 2.24) is 4.90 Å². The first-order valence-corrected chi connectivity index (χ1v) is 12.3. The number of benzene rings is 2. The van der Waals surface area contributed by atoms with Crippen molar-refractivity contribution in [2.75, 3.05) is 45.3 Å². The molecule has 0 spiro atoms. The molecule has 9 nitrogen and oxygen atoms in total. The summed E-state index contributed by atoms with van der Waals surface area (Å²) in [6.07, 6.45) is -13.4. The number of carboxylic acids is 1. The average molecular weight is 615 g/mol. The molecule has 2 N–H and O–H groups in total. The number of methoxy groups -OCH3 is 1. The lowest BCUT2D eigenvalue weighted by Crippen LogP contribution is -2.54. The number of aliphatic carboxylic acids is 1. The van der Waals surface area contributed by atoms with Crippen LogP contribution in [-0.4, -0.2) is 86.3 Å². The van der Waals surface area contributed by atoms with Crippen molar-refractivity contribution in [2.24, 2.45) is 0 Å². The zero-order valence-corrected chi connectivity index (χ0v) is 22.4. The van der Waals surface area contributed by atoms with Gasteiger partial charge in [0.15, 0.2) is 6.10 Å². The molecular formula is C26H29F7N2O7.